The van der Waals surface area contributed by atoms with Crippen LogP contribution in [0.5, 0.6) is 0 Å². The molecule has 0 aliphatic carbocycles. The summed E-state index contributed by atoms with van der Waals surface area (Å²) < 4.78 is 1.62. The Bertz CT molecular complexity index is 701. The van der Waals surface area contributed by atoms with E-state index in [1.54, 1.807) is 4.52 Å². The third-order valence-corrected chi connectivity index (χ3v) is 3.42. The maximum Gasteiger partial charge on any atom is 0.266 e. The number of nitrogens with two attached hydrogens (primary N) is 1. The summed E-state index contributed by atoms with van der Waals surface area (Å²) >= 11 is 0. The van der Waals surface area contributed by atoms with Gasteiger partial charge in [0, 0.05) is 29.6 Å². The van der Waals surface area contributed by atoms with E-state index in [-0.39, 0.29) is 11.5 Å². The minimum absolute atomic E-state index is 0.188. The number of rotatable bonds is 4. The van der Waals surface area contributed by atoms with Crippen molar-refractivity contribution in [1.82, 2.24) is 19.9 Å². The molecule has 1 atom stereocenters. The van der Waals surface area contributed by atoms with Crippen LogP contribution in [0.4, 0.5) is 0 Å². The summed E-state index contributed by atoms with van der Waals surface area (Å²) in [4.78, 5) is 27.4. The summed E-state index contributed by atoms with van der Waals surface area (Å²) in [6.07, 6.45) is 0.589. The minimum Gasteiger partial charge on any atom is -0.351 e. The third-order valence-electron chi connectivity index (χ3n) is 3.42. The predicted molar refractivity (Wildman–Crippen MR) is 75.4 cm³/mol. The van der Waals surface area contributed by atoms with E-state index < -0.39 is 6.04 Å². The molecule has 2 aromatic heterocycles. The number of aryl methyl sites for hydroxylation is 2. The highest BCUT2D eigenvalue weighted by atomic mass is 16.2. The lowest BCUT2D eigenvalue weighted by Crippen LogP contribution is -2.40. The predicted octanol–water partition coefficient (Wildman–Crippen LogP) is -0.00706. The van der Waals surface area contributed by atoms with Crippen LogP contribution in [-0.4, -0.2) is 26.5 Å². The molecule has 0 aliphatic rings. The summed E-state index contributed by atoms with van der Waals surface area (Å²) in [6.45, 7) is 5.93. The molecule has 108 valence electrons. The maximum absolute atomic E-state index is 11.7. The van der Waals surface area contributed by atoms with Gasteiger partial charge in [-0.3, -0.25) is 14.7 Å². The van der Waals surface area contributed by atoms with E-state index in [2.05, 4.69) is 15.4 Å². The second kappa shape index (κ2) is 5.46. The van der Waals surface area contributed by atoms with Crippen molar-refractivity contribution >= 4 is 11.6 Å². The molecule has 7 heteroatoms. The molecule has 0 aromatic carbocycles. The molecule has 2 aromatic rings. The Morgan fingerprint density at radius 2 is 2.25 bits per heavy atom. The Kier molecular flexibility index (Phi) is 3.89. The summed E-state index contributed by atoms with van der Waals surface area (Å²) in [5, 5.41) is 5.47. The fourth-order valence-corrected chi connectivity index (χ4v) is 2.10. The van der Waals surface area contributed by atoms with E-state index in [4.69, 9.17) is 5.73 Å². The van der Waals surface area contributed by atoms with Crippen molar-refractivity contribution in [3.05, 3.63) is 33.4 Å². The Balaban J connectivity index is 2.30. The van der Waals surface area contributed by atoms with Crippen LogP contribution in [0, 0.1) is 13.8 Å². The minimum atomic E-state index is -0.501. The summed E-state index contributed by atoms with van der Waals surface area (Å²) in [7, 11) is 0. The molecular weight excluding hydrogens is 258 g/mol. The van der Waals surface area contributed by atoms with Gasteiger partial charge in [-0.05, 0) is 20.3 Å². The fraction of sp³-hybridized carbons (Fsp3) is 0.462. The summed E-state index contributed by atoms with van der Waals surface area (Å²) in [6, 6.07) is 0.939. The van der Waals surface area contributed by atoms with Crippen LogP contribution >= 0.6 is 0 Å². The van der Waals surface area contributed by atoms with Gasteiger partial charge in [-0.15, -0.1) is 0 Å². The molecule has 4 N–H and O–H groups in total. The van der Waals surface area contributed by atoms with Crippen molar-refractivity contribution in [2.45, 2.75) is 39.8 Å². The van der Waals surface area contributed by atoms with E-state index in [1.807, 2.05) is 20.8 Å². The number of carbonyl (C=O) groups is 1. The van der Waals surface area contributed by atoms with E-state index >= 15 is 0 Å². The lowest BCUT2D eigenvalue weighted by atomic mass is 10.1. The van der Waals surface area contributed by atoms with Crippen LogP contribution in [0.3, 0.4) is 0 Å². The number of nitrogens with zero attached hydrogens (tertiary/aromatic N) is 2. The molecule has 20 heavy (non-hydrogen) atoms. The van der Waals surface area contributed by atoms with Crippen LogP contribution in [0.15, 0.2) is 10.9 Å². The molecule has 0 fully saturated rings. The number of aromatic nitrogens is 3. The van der Waals surface area contributed by atoms with Gasteiger partial charge in [-0.1, -0.05) is 6.92 Å². The molecule has 0 aliphatic heterocycles. The quantitative estimate of drug-likeness (QED) is 0.731. The first kappa shape index (κ1) is 14.3. The van der Waals surface area contributed by atoms with Crippen LogP contribution in [0.2, 0.25) is 0 Å². The Morgan fingerprint density at radius 1 is 1.55 bits per heavy atom. The van der Waals surface area contributed by atoms with E-state index in [9.17, 15) is 9.59 Å². The van der Waals surface area contributed by atoms with Gasteiger partial charge in [0.25, 0.3) is 5.56 Å². The molecule has 2 heterocycles. The van der Waals surface area contributed by atoms with Crippen LogP contribution < -0.4 is 16.6 Å². The summed E-state index contributed by atoms with van der Waals surface area (Å²) in [5.74, 6) is -0.188. The number of H-pyrrole nitrogens is 1. The molecule has 0 unspecified atom stereocenters. The van der Waals surface area contributed by atoms with Gasteiger partial charge < -0.3 is 11.1 Å². The van der Waals surface area contributed by atoms with Gasteiger partial charge in [0.2, 0.25) is 5.91 Å². The third kappa shape index (κ3) is 2.57. The van der Waals surface area contributed by atoms with Crippen LogP contribution in [0.25, 0.3) is 5.65 Å². The largest absolute Gasteiger partial charge is 0.351 e. The zero-order chi connectivity index (χ0) is 14.9. The topological polar surface area (TPSA) is 105 Å². The van der Waals surface area contributed by atoms with Crippen molar-refractivity contribution in [1.29, 1.82) is 0 Å². The first-order valence-corrected chi connectivity index (χ1v) is 6.55. The van der Waals surface area contributed by atoms with Crippen molar-refractivity contribution in [3.8, 4) is 0 Å². The summed E-state index contributed by atoms with van der Waals surface area (Å²) in [5.41, 5.74) is 8.55. The molecule has 0 bridgehead atoms. The number of fused-ring (bicyclic) bond motifs is 1. The Morgan fingerprint density at radius 3 is 2.90 bits per heavy atom. The first-order valence-electron chi connectivity index (χ1n) is 6.55. The molecule has 0 spiro atoms. The lowest BCUT2D eigenvalue weighted by molar-refractivity contribution is -0.122. The van der Waals surface area contributed by atoms with E-state index in [1.165, 1.54) is 6.07 Å². The normalized spacial score (nSPS) is 12.6. The van der Waals surface area contributed by atoms with Crippen molar-refractivity contribution in [3.63, 3.8) is 0 Å². The zero-order valence-corrected chi connectivity index (χ0v) is 11.9. The number of aromatic amines is 1. The van der Waals surface area contributed by atoms with Gasteiger partial charge in [-0.25, -0.2) is 9.50 Å². The highest BCUT2D eigenvalue weighted by Gasteiger charge is 2.14. The molecule has 2 rings (SSSR count). The van der Waals surface area contributed by atoms with Crippen molar-refractivity contribution in [2.24, 2.45) is 5.73 Å². The highest BCUT2D eigenvalue weighted by molar-refractivity contribution is 5.81. The monoisotopic (exact) mass is 277 g/mol. The molecule has 1 amide bonds. The fourth-order valence-electron chi connectivity index (χ4n) is 2.10. The number of amides is 1. The SMILES string of the molecule is CC[C@H](N)C(=O)NCc1c(C)nc2cc(=O)[nH]n2c1C. The maximum atomic E-state index is 11.7. The van der Waals surface area contributed by atoms with Crippen LogP contribution in [-0.2, 0) is 11.3 Å². The Hall–Kier alpha value is -2.15. The standard InChI is InChI=1S/C13H19N5O2/c1-4-10(14)13(20)15-6-9-7(2)16-11-5-12(19)17-18(11)8(9)3/h5,10H,4,6,14H2,1-3H3,(H,15,20)(H,17,19)/t10-/m0/s1. The number of nitrogens with one attached hydrogen (secondary N) is 2. The first-order chi connectivity index (χ1) is 9.43. The van der Waals surface area contributed by atoms with Crippen molar-refractivity contribution in [2.75, 3.05) is 0 Å². The van der Waals surface area contributed by atoms with Gasteiger partial charge in [0.05, 0.1) is 6.04 Å². The van der Waals surface area contributed by atoms with Gasteiger partial charge >= 0.3 is 0 Å². The van der Waals surface area contributed by atoms with E-state index in [0.29, 0.717) is 18.6 Å². The molecule has 0 saturated carbocycles. The zero-order valence-electron chi connectivity index (χ0n) is 11.9. The highest BCUT2D eigenvalue weighted by Crippen LogP contribution is 2.12. The Labute approximate surface area is 116 Å². The average molecular weight is 277 g/mol. The number of hydrogen-bond acceptors (Lipinski definition) is 4. The molecule has 0 saturated heterocycles. The van der Waals surface area contributed by atoms with Crippen molar-refractivity contribution < 1.29 is 4.79 Å². The second-order valence-corrected chi connectivity index (χ2v) is 4.81. The van der Waals surface area contributed by atoms with E-state index in [0.717, 1.165) is 17.0 Å². The second-order valence-electron chi connectivity index (χ2n) is 4.81. The molecule has 7 nitrogen and oxygen atoms in total. The number of hydrogen-bond donors (Lipinski definition) is 3. The van der Waals surface area contributed by atoms with Gasteiger partial charge in [0.1, 0.15) is 0 Å². The smallest absolute Gasteiger partial charge is 0.266 e. The molecular formula is C13H19N5O2. The van der Waals surface area contributed by atoms with Crippen LogP contribution in [0.1, 0.15) is 30.3 Å². The average Bonchev–Trinajstić information content (AvgIpc) is 2.77. The number of carbonyl (C=O) groups excluding carboxylic acids is 1. The van der Waals surface area contributed by atoms with Gasteiger partial charge in [-0.2, -0.15) is 0 Å². The lowest BCUT2D eigenvalue weighted by Gasteiger charge is -2.14. The molecule has 0 radical (unpaired) electrons. The van der Waals surface area contributed by atoms with Gasteiger partial charge in [0.15, 0.2) is 5.65 Å².